The van der Waals surface area contributed by atoms with E-state index in [4.69, 9.17) is 74.8 Å². The van der Waals surface area contributed by atoms with Crippen molar-refractivity contribution in [3.05, 3.63) is 139 Å². The van der Waals surface area contributed by atoms with Crippen LogP contribution in [0.25, 0.3) is 22.5 Å². The number of ether oxygens (including phenoxy) is 6. The molecule has 2 atom stereocenters. The van der Waals surface area contributed by atoms with E-state index in [0.29, 0.717) is 126 Å². The molecule has 4 heterocycles. The summed E-state index contributed by atoms with van der Waals surface area (Å²) < 4.78 is 37.4. The molecule has 2 amide bonds. The van der Waals surface area contributed by atoms with Crippen molar-refractivity contribution in [2.45, 2.75) is 38.0 Å². The fourth-order valence-electron chi connectivity index (χ4n) is 9.11. The van der Waals surface area contributed by atoms with Crippen LogP contribution in [0.15, 0.2) is 85.2 Å². The molecule has 4 aromatic carbocycles. The lowest BCUT2D eigenvalue weighted by molar-refractivity contribution is 0.0131. The number of rotatable bonds is 28. The molecule has 0 spiro atoms. The average molecular weight is 1090 g/mol. The molecule has 2 aliphatic heterocycles. The van der Waals surface area contributed by atoms with Gasteiger partial charge in [0.2, 0.25) is 0 Å². The predicted octanol–water partition coefficient (Wildman–Crippen LogP) is 8.07. The quantitative estimate of drug-likeness (QED) is 0.0454. The number of carbonyl (C=O) groups excluding carboxylic acids is 1. The molecule has 2 aliphatic rings. The summed E-state index contributed by atoms with van der Waals surface area (Å²) in [4.78, 5) is 16.6. The van der Waals surface area contributed by atoms with Gasteiger partial charge in [0.15, 0.2) is 0 Å². The first-order valence-corrected chi connectivity index (χ1v) is 26.4. The minimum absolute atomic E-state index is 0.138. The first-order valence-electron chi connectivity index (χ1n) is 24.9. The molecule has 2 aromatic heterocycles. The Labute approximate surface area is 452 Å². The van der Waals surface area contributed by atoms with E-state index >= 15 is 0 Å². The summed E-state index contributed by atoms with van der Waals surface area (Å²) in [5.74, 6) is 0.277. The molecule has 396 valence electrons. The number of benzene rings is 4. The highest BCUT2D eigenvalue weighted by atomic mass is 35.5. The highest BCUT2D eigenvalue weighted by molar-refractivity contribution is 6.35. The molecule has 0 aliphatic carbocycles. The van der Waals surface area contributed by atoms with Crippen LogP contribution in [0.3, 0.4) is 0 Å². The minimum Gasteiger partial charge on any atom is -0.377 e. The summed E-state index contributed by atoms with van der Waals surface area (Å²) in [6.07, 6.45) is 3.86. The molecule has 21 heteroatoms. The predicted molar refractivity (Wildman–Crippen MR) is 287 cm³/mol. The average Bonchev–Trinajstić information content (AvgIpc) is 4.08. The van der Waals surface area contributed by atoms with E-state index < -0.39 is 0 Å². The molecule has 0 unspecified atom stereocenters. The van der Waals surface area contributed by atoms with E-state index in [-0.39, 0.29) is 17.9 Å². The van der Waals surface area contributed by atoms with E-state index in [2.05, 4.69) is 91.6 Å². The van der Waals surface area contributed by atoms with Crippen molar-refractivity contribution in [1.29, 1.82) is 0 Å². The molecule has 0 radical (unpaired) electrons. The summed E-state index contributed by atoms with van der Waals surface area (Å²) in [7, 11) is 4.21. The smallest absolute Gasteiger partial charge is 0.314 e. The number of fused-ring (bicyclic) bond motifs is 2. The number of amides is 2. The summed E-state index contributed by atoms with van der Waals surface area (Å²) in [5.41, 5.74) is 10.5. The van der Waals surface area contributed by atoms with Crippen LogP contribution in [0.5, 0.6) is 0 Å². The summed E-state index contributed by atoms with van der Waals surface area (Å²) >= 11 is 26.0. The number of carbonyl (C=O) groups is 1. The van der Waals surface area contributed by atoms with Crippen LogP contribution in [0.2, 0.25) is 20.1 Å². The van der Waals surface area contributed by atoms with Crippen LogP contribution in [-0.2, 0) is 54.6 Å². The SMILES string of the molecule is CN1Cc2c(Cl)cc(Cl)cc2[C@H](c2cccc(-c3cn(CCOCCOCCOCCNC(=O)NCCOCCOCCOCCn4cc(-c5cccc([C@@H]6CN(C)Cc7c(Cl)cc(Cl)cc76)c5)nn4)nn3)c2)C1. The third-order valence-corrected chi connectivity index (χ3v) is 13.8. The van der Waals surface area contributed by atoms with E-state index in [1.807, 2.05) is 48.8 Å². The van der Waals surface area contributed by atoms with Crippen LogP contribution in [0.1, 0.15) is 45.2 Å². The van der Waals surface area contributed by atoms with Gasteiger partial charge in [-0.15, -0.1) is 10.2 Å². The van der Waals surface area contributed by atoms with E-state index in [0.717, 1.165) is 59.8 Å². The van der Waals surface area contributed by atoms with Gasteiger partial charge in [-0.05, 0) is 83.9 Å². The van der Waals surface area contributed by atoms with Crippen molar-refractivity contribution >= 4 is 52.4 Å². The monoisotopic (exact) mass is 1090 g/mol. The van der Waals surface area contributed by atoms with Crippen LogP contribution in [0.4, 0.5) is 4.79 Å². The second kappa shape index (κ2) is 28.4. The van der Waals surface area contributed by atoms with Gasteiger partial charge in [0.25, 0.3) is 0 Å². The molecule has 0 saturated heterocycles. The Morgan fingerprint density at radius 2 is 0.932 bits per heavy atom. The lowest BCUT2D eigenvalue weighted by Gasteiger charge is -2.33. The van der Waals surface area contributed by atoms with Crippen molar-refractivity contribution in [2.24, 2.45) is 0 Å². The minimum atomic E-state index is -0.287. The summed E-state index contributed by atoms with van der Waals surface area (Å²) in [5, 5.41) is 25.7. The van der Waals surface area contributed by atoms with Gasteiger partial charge in [0.1, 0.15) is 11.4 Å². The fraction of sp³-hybridized carbons (Fsp3) is 0.453. The van der Waals surface area contributed by atoms with Gasteiger partial charge in [-0.2, -0.15) is 0 Å². The topological polar surface area (TPSA) is 164 Å². The van der Waals surface area contributed by atoms with Crippen LogP contribution in [-0.4, -0.2) is 165 Å². The molecule has 0 fully saturated rings. The Morgan fingerprint density at radius 3 is 1.35 bits per heavy atom. The van der Waals surface area contributed by atoms with Crippen molar-refractivity contribution in [1.82, 2.24) is 50.4 Å². The van der Waals surface area contributed by atoms with Gasteiger partial charge < -0.3 is 48.9 Å². The van der Waals surface area contributed by atoms with Gasteiger partial charge >= 0.3 is 6.03 Å². The lowest BCUT2D eigenvalue weighted by atomic mass is 9.84. The standard InChI is InChI=1S/C53H64Cl4N10O7/c1-64-31-45(43-27-41(54)29-49(56)47(43)33-64)37-5-3-7-39(25-37)51-35-66(62-60-51)11-15-71-19-23-73-21-17-69-13-9-58-53(68)59-10-14-70-18-22-74-24-20-72-16-12-67-36-52(61-63-67)40-8-4-6-38(26-40)46-32-65(2)34-48-44(46)28-42(55)30-50(48)57/h3-8,25-30,35-36,45-46H,9-24,31-34H2,1-2H3,(H2,58,59,68)/t45-,46-/m0/s1. The number of likely N-dealkylation sites (N-methyl/N-ethyl adjacent to an activating group) is 2. The molecule has 74 heavy (non-hydrogen) atoms. The van der Waals surface area contributed by atoms with Crippen LogP contribution in [0, 0.1) is 0 Å². The largest absolute Gasteiger partial charge is 0.377 e. The normalized spacial score (nSPS) is 15.8. The van der Waals surface area contributed by atoms with Crippen LogP contribution < -0.4 is 10.6 Å². The fourth-order valence-corrected chi connectivity index (χ4v) is 10.2. The third-order valence-electron chi connectivity index (χ3n) is 12.7. The van der Waals surface area contributed by atoms with E-state index in [1.165, 1.54) is 22.3 Å². The Bertz CT molecular complexity index is 2570. The molecule has 6 aromatic rings. The van der Waals surface area contributed by atoms with E-state index in [9.17, 15) is 4.79 Å². The van der Waals surface area contributed by atoms with Gasteiger partial charge in [-0.1, -0.05) is 93.2 Å². The zero-order valence-electron chi connectivity index (χ0n) is 41.8. The second-order valence-corrected chi connectivity index (χ2v) is 19.9. The van der Waals surface area contributed by atoms with Crippen molar-refractivity contribution in [3.63, 3.8) is 0 Å². The maximum atomic E-state index is 12.1. The highest BCUT2D eigenvalue weighted by Gasteiger charge is 2.29. The summed E-state index contributed by atoms with van der Waals surface area (Å²) in [6, 6.07) is 24.2. The molecule has 2 N–H and O–H groups in total. The Hall–Kier alpha value is -4.73. The van der Waals surface area contributed by atoms with Gasteiger partial charge in [-0.25, -0.2) is 14.2 Å². The Morgan fingerprint density at radius 1 is 0.541 bits per heavy atom. The maximum absolute atomic E-state index is 12.1. The number of hydrogen-bond acceptors (Lipinski definition) is 13. The molecule has 8 rings (SSSR count). The molecule has 17 nitrogen and oxygen atoms in total. The molecular weight excluding hydrogens is 1030 g/mol. The van der Waals surface area contributed by atoms with Crippen molar-refractivity contribution < 1.29 is 33.2 Å². The Balaban J connectivity index is 0.582. The number of nitrogens with one attached hydrogen (secondary N) is 2. The number of nitrogens with zero attached hydrogens (tertiary/aromatic N) is 8. The number of hydrogen-bond donors (Lipinski definition) is 2. The van der Waals surface area contributed by atoms with Gasteiger partial charge in [0, 0.05) is 82.3 Å². The number of urea groups is 1. The molecule has 0 bridgehead atoms. The molecule has 0 saturated carbocycles. The number of aromatic nitrogens is 6. The first kappa shape index (κ1) is 55.5. The zero-order chi connectivity index (χ0) is 51.7. The third kappa shape index (κ3) is 16.1. The zero-order valence-corrected chi connectivity index (χ0v) is 44.9. The Kier molecular flexibility index (Phi) is 21.3. The van der Waals surface area contributed by atoms with Crippen molar-refractivity contribution in [2.75, 3.05) is 120 Å². The first-order chi connectivity index (χ1) is 36.1. The summed E-state index contributed by atoms with van der Waals surface area (Å²) in [6.45, 7) is 10.3. The maximum Gasteiger partial charge on any atom is 0.314 e. The molecular formula is C53H64Cl4N10O7. The lowest BCUT2D eigenvalue weighted by Crippen LogP contribution is -2.39. The van der Waals surface area contributed by atoms with E-state index in [1.54, 1.807) is 9.36 Å². The van der Waals surface area contributed by atoms with Crippen LogP contribution >= 0.6 is 46.4 Å². The van der Waals surface area contributed by atoms with Gasteiger partial charge in [-0.3, -0.25) is 0 Å². The van der Waals surface area contributed by atoms with Gasteiger partial charge in [0.05, 0.1) is 105 Å². The second-order valence-electron chi connectivity index (χ2n) is 18.3. The van der Waals surface area contributed by atoms with Crippen molar-refractivity contribution in [3.8, 4) is 22.5 Å². The number of halogens is 4. The highest BCUT2D eigenvalue weighted by Crippen LogP contribution is 2.41.